The number of methoxy groups -OCH3 is 1. The number of rotatable bonds is 6. The molecule has 0 bridgehead atoms. The van der Waals surface area contributed by atoms with Crippen molar-refractivity contribution in [3.05, 3.63) is 46.5 Å². The quantitative estimate of drug-likeness (QED) is 0.655. The SMILES string of the molecule is COc1ccc(S(=O)(=O)N2CCOCC2)cc1C(=O)NCc1cc(Cl)c2c(c1)OCCCO2. The summed E-state index contributed by atoms with van der Waals surface area (Å²) in [6.07, 6.45) is 0.751. The summed E-state index contributed by atoms with van der Waals surface area (Å²) >= 11 is 6.33. The van der Waals surface area contributed by atoms with Crippen molar-refractivity contribution in [1.29, 1.82) is 0 Å². The molecule has 2 heterocycles. The van der Waals surface area contributed by atoms with E-state index in [1.165, 1.54) is 29.6 Å². The second kappa shape index (κ2) is 10.2. The third kappa shape index (κ3) is 5.19. The van der Waals surface area contributed by atoms with Crippen LogP contribution in [0.2, 0.25) is 5.02 Å². The fraction of sp³-hybridized carbons (Fsp3) is 0.409. The number of ether oxygens (including phenoxy) is 4. The molecule has 1 N–H and O–H groups in total. The maximum absolute atomic E-state index is 13.0. The van der Waals surface area contributed by atoms with Gasteiger partial charge in [0.2, 0.25) is 10.0 Å². The summed E-state index contributed by atoms with van der Waals surface area (Å²) in [5.41, 5.74) is 0.834. The maximum atomic E-state index is 13.0. The molecule has 1 saturated heterocycles. The summed E-state index contributed by atoms with van der Waals surface area (Å²) in [7, 11) is -2.34. The number of carbonyl (C=O) groups excluding carboxylic acids is 1. The first kappa shape index (κ1) is 23.6. The molecule has 0 spiro atoms. The van der Waals surface area contributed by atoms with Crippen molar-refractivity contribution < 1.29 is 32.2 Å². The highest BCUT2D eigenvalue weighted by Gasteiger charge is 2.28. The topological polar surface area (TPSA) is 103 Å². The molecule has 0 atom stereocenters. The predicted octanol–water partition coefficient (Wildman–Crippen LogP) is 2.46. The molecule has 0 aliphatic carbocycles. The Morgan fingerprint density at radius 1 is 1.12 bits per heavy atom. The Kier molecular flexibility index (Phi) is 7.28. The first-order chi connectivity index (χ1) is 15.9. The van der Waals surface area contributed by atoms with Gasteiger partial charge in [-0.05, 0) is 35.9 Å². The highest BCUT2D eigenvalue weighted by atomic mass is 35.5. The van der Waals surface area contributed by atoms with E-state index in [1.54, 1.807) is 12.1 Å². The van der Waals surface area contributed by atoms with Crippen LogP contribution in [0.3, 0.4) is 0 Å². The molecule has 0 radical (unpaired) electrons. The van der Waals surface area contributed by atoms with E-state index >= 15 is 0 Å². The largest absolute Gasteiger partial charge is 0.496 e. The monoisotopic (exact) mass is 496 g/mol. The van der Waals surface area contributed by atoms with Crippen molar-refractivity contribution in [3.63, 3.8) is 0 Å². The van der Waals surface area contributed by atoms with Gasteiger partial charge >= 0.3 is 0 Å². The van der Waals surface area contributed by atoms with Crippen LogP contribution < -0.4 is 19.5 Å². The molecule has 2 aliphatic heterocycles. The van der Waals surface area contributed by atoms with E-state index in [2.05, 4.69) is 5.32 Å². The molecule has 178 valence electrons. The highest BCUT2D eigenvalue weighted by Crippen LogP contribution is 2.38. The Bertz CT molecular complexity index is 1130. The van der Waals surface area contributed by atoms with Gasteiger partial charge in [0.1, 0.15) is 5.75 Å². The van der Waals surface area contributed by atoms with Crippen molar-refractivity contribution in [2.24, 2.45) is 0 Å². The predicted molar refractivity (Wildman–Crippen MR) is 121 cm³/mol. The highest BCUT2D eigenvalue weighted by molar-refractivity contribution is 7.89. The normalized spacial score (nSPS) is 16.7. The van der Waals surface area contributed by atoms with Crippen molar-refractivity contribution in [3.8, 4) is 17.2 Å². The first-order valence-corrected chi connectivity index (χ1v) is 12.3. The molecule has 11 heteroatoms. The van der Waals surface area contributed by atoms with E-state index < -0.39 is 15.9 Å². The summed E-state index contributed by atoms with van der Waals surface area (Å²) < 4.78 is 49.2. The number of nitrogens with zero attached hydrogens (tertiary/aromatic N) is 1. The molecule has 0 aromatic heterocycles. The third-order valence-corrected chi connectivity index (χ3v) is 7.51. The van der Waals surface area contributed by atoms with Gasteiger partial charge in [0, 0.05) is 26.1 Å². The van der Waals surface area contributed by atoms with E-state index in [1.807, 2.05) is 0 Å². The van der Waals surface area contributed by atoms with Crippen LogP contribution in [0, 0.1) is 0 Å². The number of hydrogen-bond donors (Lipinski definition) is 1. The van der Waals surface area contributed by atoms with Crippen LogP contribution in [0.25, 0.3) is 0 Å². The van der Waals surface area contributed by atoms with Gasteiger partial charge in [-0.3, -0.25) is 4.79 Å². The number of fused-ring (bicyclic) bond motifs is 1. The Labute approximate surface area is 197 Å². The maximum Gasteiger partial charge on any atom is 0.255 e. The summed E-state index contributed by atoms with van der Waals surface area (Å²) in [6.45, 7) is 2.38. The fourth-order valence-electron chi connectivity index (χ4n) is 3.62. The Morgan fingerprint density at radius 3 is 2.64 bits per heavy atom. The van der Waals surface area contributed by atoms with Crippen LogP contribution in [0.5, 0.6) is 17.2 Å². The zero-order chi connectivity index (χ0) is 23.4. The van der Waals surface area contributed by atoms with Gasteiger partial charge in [0.15, 0.2) is 11.5 Å². The van der Waals surface area contributed by atoms with Crippen LogP contribution in [-0.2, 0) is 21.3 Å². The molecule has 2 aromatic carbocycles. The Morgan fingerprint density at radius 2 is 1.88 bits per heavy atom. The molecular formula is C22H25ClN2O7S. The lowest BCUT2D eigenvalue weighted by Crippen LogP contribution is -2.40. The second-order valence-corrected chi connectivity index (χ2v) is 9.86. The number of benzene rings is 2. The van der Waals surface area contributed by atoms with E-state index in [0.717, 1.165) is 6.42 Å². The van der Waals surface area contributed by atoms with Crippen molar-refractivity contribution in [1.82, 2.24) is 9.62 Å². The molecule has 2 aliphatic rings. The van der Waals surface area contributed by atoms with Gasteiger partial charge in [0.25, 0.3) is 5.91 Å². The van der Waals surface area contributed by atoms with Crippen LogP contribution in [0.15, 0.2) is 35.2 Å². The molecule has 33 heavy (non-hydrogen) atoms. The minimum absolute atomic E-state index is 0.0222. The average molecular weight is 497 g/mol. The standard InChI is InChI=1S/C22H25ClN2O7S/c1-29-19-4-3-16(33(27,28)25-5-9-30-10-6-25)13-17(19)22(26)24-14-15-11-18(23)21-20(12-15)31-7-2-8-32-21/h3-4,11-13H,2,5-10,14H2,1H3,(H,24,26). The molecule has 2 aromatic rings. The van der Waals surface area contributed by atoms with Crippen LogP contribution >= 0.6 is 11.6 Å². The second-order valence-electron chi connectivity index (χ2n) is 7.52. The average Bonchev–Trinajstić information content (AvgIpc) is 3.08. The number of hydrogen-bond acceptors (Lipinski definition) is 7. The van der Waals surface area contributed by atoms with Crippen LogP contribution in [-0.4, -0.2) is 65.3 Å². The smallest absolute Gasteiger partial charge is 0.255 e. The van der Waals surface area contributed by atoms with Gasteiger partial charge in [-0.2, -0.15) is 4.31 Å². The van der Waals surface area contributed by atoms with E-state index in [9.17, 15) is 13.2 Å². The van der Waals surface area contributed by atoms with Crippen molar-refractivity contribution in [2.45, 2.75) is 17.9 Å². The lowest BCUT2D eigenvalue weighted by Gasteiger charge is -2.26. The van der Waals surface area contributed by atoms with Crippen LogP contribution in [0.1, 0.15) is 22.3 Å². The zero-order valence-electron chi connectivity index (χ0n) is 18.1. The van der Waals surface area contributed by atoms with Crippen molar-refractivity contribution in [2.75, 3.05) is 46.6 Å². The summed E-state index contributed by atoms with van der Waals surface area (Å²) in [5, 5.41) is 3.19. The summed E-state index contributed by atoms with van der Waals surface area (Å²) in [5.74, 6) is 0.812. The zero-order valence-corrected chi connectivity index (χ0v) is 19.7. The summed E-state index contributed by atoms with van der Waals surface area (Å²) in [6, 6.07) is 7.71. The minimum Gasteiger partial charge on any atom is -0.496 e. The van der Waals surface area contributed by atoms with E-state index in [-0.39, 0.29) is 35.8 Å². The minimum atomic E-state index is -3.76. The number of morpholine rings is 1. The Hall–Kier alpha value is -2.53. The number of nitrogens with one attached hydrogen (secondary N) is 1. The van der Waals surface area contributed by atoms with Gasteiger partial charge in [-0.25, -0.2) is 8.42 Å². The van der Waals surface area contributed by atoms with Gasteiger partial charge in [-0.1, -0.05) is 11.6 Å². The van der Waals surface area contributed by atoms with E-state index in [0.29, 0.717) is 48.5 Å². The molecular weight excluding hydrogens is 472 g/mol. The Balaban J connectivity index is 1.54. The molecule has 0 saturated carbocycles. The lowest BCUT2D eigenvalue weighted by atomic mass is 10.1. The van der Waals surface area contributed by atoms with Gasteiger partial charge < -0.3 is 24.3 Å². The van der Waals surface area contributed by atoms with Gasteiger partial charge in [-0.15, -0.1) is 0 Å². The molecule has 0 unspecified atom stereocenters. The van der Waals surface area contributed by atoms with E-state index in [4.69, 9.17) is 30.5 Å². The molecule has 9 nitrogen and oxygen atoms in total. The lowest BCUT2D eigenvalue weighted by molar-refractivity contribution is 0.0730. The first-order valence-electron chi connectivity index (χ1n) is 10.5. The van der Waals surface area contributed by atoms with Crippen LogP contribution in [0.4, 0.5) is 0 Å². The summed E-state index contributed by atoms with van der Waals surface area (Å²) in [4.78, 5) is 13.0. The molecule has 4 rings (SSSR count). The molecule has 1 amide bonds. The number of amides is 1. The number of sulfonamides is 1. The third-order valence-electron chi connectivity index (χ3n) is 5.34. The number of halogens is 1. The fourth-order valence-corrected chi connectivity index (χ4v) is 5.35. The molecule has 1 fully saturated rings. The number of carbonyl (C=O) groups is 1. The van der Waals surface area contributed by atoms with Crippen molar-refractivity contribution >= 4 is 27.5 Å². The van der Waals surface area contributed by atoms with Gasteiger partial charge in [0.05, 0.1) is 49.0 Å².